The molecule has 1 aromatic carbocycles. The average Bonchev–Trinajstić information content (AvgIpc) is 2.95. The fraction of sp³-hybridized carbons (Fsp3) is 0.375. The number of carbonyl (C=O) groups is 1. The van der Waals surface area contributed by atoms with E-state index in [1.54, 1.807) is 24.0 Å². The number of rotatable bonds is 3. The number of hydrogen-bond acceptors (Lipinski definition) is 3. The van der Waals surface area contributed by atoms with Crippen molar-refractivity contribution in [3.8, 4) is 0 Å². The Morgan fingerprint density at radius 1 is 1.41 bits per heavy atom. The lowest BCUT2D eigenvalue weighted by atomic mass is 10.1. The number of amides is 1. The van der Waals surface area contributed by atoms with Crippen LogP contribution >= 0.6 is 11.6 Å². The van der Waals surface area contributed by atoms with Gasteiger partial charge in [0.25, 0.3) is 5.91 Å². The van der Waals surface area contributed by atoms with Crippen molar-refractivity contribution < 1.29 is 9.53 Å². The minimum absolute atomic E-state index is 0.00698. The zero-order valence-corrected chi connectivity index (χ0v) is 13.2. The minimum atomic E-state index is -0.0363. The second kappa shape index (κ2) is 6.50. The van der Waals surface area contributed by atoms with Crippen LogP contribution < -0.4 is 0 Å². The Morgan fingerprint density at radius 3 is 2.95 bits per heavy atom. The van der Waals surface area contributed by atoms with Gasteiger partial charge in [-0.1, -0.05) is 29.8 Å². The summed E-state index contributed by atoms with van der Waals surface area (Å²) in [6.45, 7) is 1.71. The molecule has 22 heavy (non-hydrogen) atoms. The predicted octanol–water partition coefficient (Wildman–Crippen LogP) is 2.16. The molecule has 0 bridgehead atoms. The zero-order valence-electron chi connectivity index (χ0n) is 12.4. The van der Waals surface area contributed by atoms with E-state index in [0.29, 0.717) is 31.8 Å². The van der Waals surface area contributed by atoms with Crippen molar-refractivity contribution in [2.75, 3.05) is 19.7 Å². The van der Waals surface area contributed by atoms with E-state index in [-0.39, 0.29) is 12.0 Å². The van der Waals surface area contributed by atoms with Crippen LogP contribution in [-0.4, -0.2) is 46.4 Å². The van der Waals surface area contributed by atoms with E-state index in [9.17, 15) is 4.79 Å². The summed E-state index contributed by atoms with van der Waals surface area (Å²) in [6, 6.07) is 9.47. The van der Waals surface area contributed by atoms with E-state index < -0.39 is 0 Å². The number of aromatic nitrogens is 2. The SMILES string of the molecule is Cn1nccc1C(=O)N1CCO[C@H](Cc2ccccc2Cl)C1. The lowest BCUT2D eigenvalue weighted by molar-refractivity contribution is -0.0211. The fourth-order valence-electron chi connectivity index (χ4n) is 2.68. The third-order valence-electron chi connectivity index (χ3n) is 3.87. The summed E-state index contributed by atoms with van der Waals surface area (Å²) >= 11 is 6.20. The van der Waals surface area contributed by atoms with Crippen molar-refractivity contribution in [3.05, 3.63) is 52.8 Å². The van der Waals surface area contributed by atoms with E-state index in [1.165, 1.54) is 0 Å². The summed E-state index contributed by atoms with van der Waals surface area (Å²) in [5.41, 5.74) is 1.64. The zero-order chi connectivity index (χ0) is 15.5. The summed E-state index contributed by atoms with van der Waals surface area (Å²) in [6.07, 6.45) is 2.30. The highest BCUT2D eigenvalue weighted by Gasteiger charge is 2.26. The van der Waals surface area contributed by atoms with Crippen LogP contribution in [0.5, 0.6) is 0 Å². The van der Waals surface area contributed by atoms with Crippen LogP contribution in [0.3, 0.4) is 0 Å². The van der Waals surface area contributed by atoms with Gasteiger partial charge in [0, 0.05) is 37.8 Å². The van der Waals surface area contributed by atoms with Crippen LogP contribution in [0.4, 0.5) is 0 Å². The van der Waals surface area contributed by atoms with Gasteiger partial charge in [-0.2, -0.15) is 5.10 Å². The van der Waals surface area contributed by atoms with Gasteiger partial charge in [0.05, 0.1) is 12.7 Å². The molecule has 1 aliphatic rings. The first-order chi connectivity index (χ1) is 10.6. The molecule has 0 aliphatic carbocycles. The number of morpholine rings is 1. The Hall–Kier alpha value is -1.85. The molecule has 1 amide bonds. The molecule has 0 saturated carbocycles. The number of carbonyl (C=O) groups excluding carboxylic acids is 1. The van der Waals surface area contributed by atoms with Crippen LogP contribution in [0.15, 0.2) is 36.5 Å². The summed E-state index contributed by atoms with van der Waals surface area (Å²) < 4.78 is 7.39. The molecule has 116 valence electrons. The highest BCUT2D eigenvalue weighted by atomic mass is 35.5. The van der Waals surface area contributed by atoms with Crippen LogP contribution in [0, 0.1) is 0 Å². The van der Waals surface area contributed by atoms with Crippen LogP contribution in [0.1, 0.15) is 16.1 Å². The van der Waals surface area contributed by atoms with Gasteiger partial charge in [-0.3, -0.25) is 9.48 Å². The van der Waals surface area contributed by atoms with Gasteiger partial charge in [-0.05, 0) is 17.7 Å². The Balaban J connectivity index is 1.68. The largest absolute Gasteiger partial charge is 0.374 e. The van der Waals surface area contributed by atoms with Crippen molar-refractivity contribution in [2.45, 2.75) is 12.5 Å². The second-order valence-corrected chi connectivity index (χ2v) is 5.79. The Kier molecular flexibility index (Phi) is 4.45. The lowest BCUT2D eigenvalue weighted by Crippen LogP contribution is -2.46. The van der Waals surface area contributed by atoms with Gasteiger partial charge in [-0.25, -0.2) is 0 Å². The molecule has 1 saturated heterocycles. The molecular weight excluding hydrogens is 302 g/mol. The van der Waals surface area contributed by atoms with Gasteiger partial charge in [0.15, 0.2) is 0 Å². The van der Waals surface area contributed by atoms with E-state index in [0.717, 1.165) is 10.6 Å². The molecular formula is C16H18ClN3O2. The van der Waals surface area contributed by atoms with Crippen molar-refractivity contribution in [2.24, 2.45) is 7.05 Å². The first-order valence-electron chi connectivity index (χ1n) is 7.27. The lowest BCUT2D eigenvalue weighted by Gasteiger charge is -2.33. The molecule has 0 spiro atoms. The smallest absolute Gasteiger partial charge is 0.272 e. The Labute approximate surface area is 134 Å². The summed E-state index contributed by atoms with van der Waals surface area (Å²) in [5.74, 6) is -0.00698. The predicted molar refractivity (Wildman–Crippen MR) is 84.0 cm³/mol. The normalized spacial score (nSPS) is 18.5. The summed E-state index contributed by atoms with van der Waals surface area (Å²) in [7, 11) is 1.77. The second-order valence-electron chi connectivity index (χ2n) is 5.38. The van der Waals surface area contributed by atoms with Gasteiger partial charge in [-0.15, -0.1) is 0 Å². The van der Waals surface area contributed by atoms with Crippen molar-refractivity contribution in [1.29, 1.82) is 0 Å². The number of aryl methyl sites for hydroxylation is 1. The Morgan fingerprint density at radius 2 is 2.23 bits per heavy atom. The molecule has 1 aromatic heterocycles. The van der Waals surface area contributed by atoms with Crippen molar-refractivity contribution in [1.82, 2.24) is 14.7 Å². The van der Waals surface area contributed by atoms with Crippen LogP contribution in [-0.2, 0) is 18.2 Å². The first kappa shape index (κ1) is 15.1. The van der Waals surface area contributed by atoms with E-state index in [4.69, 9.17) is 16.3 Å². The minimum Gasteiger partial charge on any atom is -0.374 e. The van der Waals surface area contributed by atoms with Gasteiger partial charge < -0.3 is 9.64 Å². The monoisotopic (exact) mass is 319 g/mol. The van der Waals surface area contributed by atoms with Gasteiger partial charge in [0.2, 0.25) is 0 Å². The standard InChI is InChI=1S/C16H18ClN3O2/c1-19-15(6-7-18-19)16(21)20-8-9-22-13(11-20)10-12-4-2-3-5-14(12)17/h2-7,13H,8-11H2,1H3/t13-/m1/s1. The number of benzene rings is 1. The first-order valence-corrected chi connectivity index (χ1v) is 7.65. The molecule has 3 rings (SSSR count). The van der Waals surface area contributed by atoms with Crippen LogP contribution in [0.2, 0.25) is 5.02 Å². The highest BCUT2D eigenvalue weighted by molar-refractivity contribution is 6.31. The maximum Gasteiger partial charge on any atom is 0.272 e. The van der Waals surface area contributed by atoms with E-state index in [2.05, 4.69) is 5.10 Å². The topological polar surface area (TPSA) is 47.4 Å². The molecule has 2 aromatic rings. The average molecular weight is 320 g/mol. The molecule has 0 N–H and O–H groups in total. The molecule has 6 heteroatoms. The number of halogens is 1. The highest BCUT2D eigenvalue weighted by Crippen LogP contribution is 2.20. The molecule has 2 heterocycles. The molecule has 1 aliphatic heterocycles. The summed E-state index contributed by atoms with van der Waals surface area (Å²) in [5, 5.41) is 4.79. The van der Waals surface area contributed by atoms with Crippen molar-refractivity contribution in [3.63, 3.8) is 0 Å². The van der Waals surface area contributed by atoms with E-state index in [1.807, 2.05) is 29.2 Å². The Bertz CT molecular complexity index is 671. The quantitative estimate of drug-likeness (QED) is 0.871. The number of hydrogen-bond donors (Lipinski definition) is 0. The number of ether oxygens (including phenoxy) is 1. The van der Waals surface area contributed by atoms with Crippen molar-refractivity contribution >= 4 is 17.5 Å². The maximum atomic E-state index is 12.5. The fourth-order valence-corrected chi connectivity index (χ4v) is 2.90. The van der Waals surface area contributed by atoms with Gasteiger partial charge >= 0.3 is 0 Å². The third-order valence-corrected chi connectivity index (χ3v) is 4.24. The number of nitrogens with zero attached hydrogens (tertiary/aromatic N) is 3. The van der Waals surface area contributed by atoms with E-state index >= 15 is 0 Å². The van der Waals surface area contributed by atoms with Gasteiger partial charge in [0.1, 0.15) is 5.69 Å². The molecule has 0 unspecified atom stereocenters. The molecule has 1 atom stereocenters. The summed E-state index contributed by atoms with van der Waals surface area (Å²) in [4.78, 5) is 14.4. The maximum absolute atomic E-state index is 12.5. The molecule has 0 radical (unpaired) electrons. The third kappa shape index (κ3) is 3.15. The molecule has 1 fully saturated rings. The van der Waals surface area contributed by atoms with Crippen LogP contribution in [0.25, 0.3) is 0 Å². The molecule has 5 nitrogen and oxygen atoms in total.